The fourth-order valence-electron chi connectivity index (χ4n) is 3.02. The van der Waals surface area contributed by atoms with Crippen molar-refractivity contribution in [1.29, 1.82) is 0 Å². The molecule has 1 fully saturated rings. The van der Waals surface area contributed by atoms with Crippen molar-refractivity contribution in [2.45, 2.75) is 33.1 Å². The Morgan fingerprint density at radius 1 is 1.21 bits per heavy atom. The molecular formula is C19H25ClN4. The van der Waals surface area contributed by atoms with Crippen LogP contribution in [-0.4, -0.2) is 29.6 Å². The highest BCUT2D eigenvalue weighted by Crippen LogP contribution is 2.21. The maximum atomic E-state index is 6.03. The van der Waals surface area contributed by atoms with Crippen molar-refractivity contribution in [3.63, 3.8) is 0 Å². The molecule has 0 amide bonds. The number of hydrogen-bond acceptors (Lipinski definition) is 4. The van der Waals surface area contributed by atoms with E-state index in [2.05, 4.69) is 28.2 Å². The molecule has 0 spiro atoms. The van der Waals surface area contributed by atoms with Gasteiger partial charge in [0.1, 0.15) is 5.82 Å². The Kier molecular flexibility index (Phi) is 5.56. The number of hydrogen-bond donors (Lipinski definition) is 1. The van der Waals surface area contributed by atoms with E-state index in [1.54, 1.807) is 0 Å². The lowest BCUT2D eigenvalue weighted by molar-refractivity contribution is 0.434. The van der Waals surface area contributed by atoms with E-state index in [9.17, 15) is 0 Å². The molecule has 128 valence electrons. The summed E-state index contributed by atoms with van der Waals surface area (Å²) in [6, 6.07) is 10.0. The van der Waals surface area contributed by atoms with Gasteiger partial charge in [0.15, 0.2) is 0 Å². The van der Waals surface area contributed by atoms with E-state index < -0.39 is 0 Å². The predicted octanol–water partition coefficient (Wildman–Crippen LogP) is 4.33. The Morgan fingerprint density at radius 2 is 2.00 bits per heavy atom. The van der Waals surface area contributed by atoms with Gasteiger partial charge >= 0.3 is 0 Å². The molecule has 0 aliphatic carbocycles. The molecule has 1 N–H and O–H groups in total. The highest BCUT2D eigenvalue weighted by Gasteiger charge is 2.18. The fourth-order valence-corrected chi connectivity index (χ4v) is 3.23. The Bertz CT molecular complexity index is 681. The van der Waals surface area contributed by atoms with Crippen LogP contribution in [0.5, 0.6) is 0 Å². The molecule has 0 saturated carbocycles. The molecule has 3 rings (SSSR count). The van der Waals surface area contributed by atoms with Gasteiger partial charge in [-0.3, -0.25) is 0 Å². The first-order valence-corrected chi connectivity index (χ1v) is 9.07. The number of nitrogens with one attached hydrogen (secondary N) is 1. The Labute approximate surface area is 149 Å². The minimum Gasteiger partial charge on any atom is -0.370 e. The maximum absolute atomic E-state index is 6.03. The van der Waals surface area contributed by atoms with Crippen LogP contribution in [0.2, 0.25) is 5.02 Å². The number of rotatable bonds is 5. The summed E-state index contributed by atoms with van der Waals surface area (Å²) >= 11 is 6.03. The van der Waals surface area contributed by atoms with Gasteiger partial charge in [0.2, 0.25) is 5.95 Å². The first-order chi connectivity index (χ1) is 11.6. The average Bonchev–Trinajstić information content (AvgIpc) is 2.55. The zero-order valence-electron chi connectivity index (χ0n) is 14.4. The van der Waals surface area contributed by atoms with Crippen LogP contribution >= 0.6 is 11.6 Å². The summed E-state index contributed by atoms with van der Waals surface area (Å²) in [5, 5.41) is 4.21. The average molecular weight is 345 g/mol. The van der Waals surface area contributed by atoms with E-state index in [0.29, 0.717) is 0 Å². The summed E-state index contributed by atoms with van der Waals surface area (Å²) < 4.78 is 0. The number of aromatic nitrogens is 2. The van der Waals surface area contributed by atoms with Crippen LogP contribution in [0.3, 0.4) is 0 Å². The second-order valence-corrected chi connectivity index (χ2v) is 7.11. The topological polar surface area (TPSA) is 41.1 Å². The summed E-state index contributed by atoms with van der Waals surface area (Å²) in [7, 11) is 0. The quantitative estimate of drug-likeness (QED) is 0.876. The molecule has 0 radical (unpaired) electrons. The SMILES string of the molecule is Cc1cc(NCCc2cccc(Cl)c2)nc(N2CCC(C)CC2)n1. The number of anilines is 2. The second-order valence-electron chi connectivity index (χ2n) is 6.67. The normalized spacial score (nSPS) is 15.5. The van der Waals surface area contributed by atoms with Crippen LogP contribution in [0.4, 0.5) is 11.8 Å². The lowest BCUT2D eigenvalue weighted by atomic mass is 10.00. The van der Waals surface area contributed by atoms with Crippen LogP contribution < -0.4 is 10.2 Å². The highest BCUT2D eigenvalue weighted by atomic mass is 35.5. The van der Waals surface area contributed by atoms with Gasteiger partial charge in [0.25, 0.3) is 0 Å². The smallest absolute Gasteiger partial charge is 0.227 e. The third-order valence-corrected chi connectivity index (χ3v) is 4.75. The third kappa shape index (κ3) is 4.60. The molecule has 1 aromatic carbocycles. The molecule has 1 aromatic heterocycles. The Balaban J connectivity index is 1.61. The van der Waals surface area contributed by atoms with Crippen molar-refractivity contribution in [2.24, 2.45) is 5.92 Å². The van der Waals surface area contributed by atoms with E-state index >= 15 is 0 Å². The number of benzene rings is 1. The lowest BCUT2D eigenvalue weighted by Crippen LogP contribution is -2.34. The van der Waals surface area contributed by atoms with Gasteiger partial charge in [-0.25, -0.2) is 4.98 Å². The van der Waals surface area contributed by atoms with Crippen LogP contribution in [0, 0.1) is 12.8 Å². The standard InChI is InChI=1S/C19H25ClN4/c1-14-7-10-24(11-8-14)19-22-15(2)12-18(23-19)21-9-6-16-4-3-5-17(20)13-16/h3-5,12-14H,6-11H2,1-2H3,(H,21,22,23). The molecule has 1 aliphatic rings. The monoisotopic (exact) mass is 344 g/mol. The Morgan fingerprint density at radius 3 is 2.75 bits per heavy atom. The van der Waals surface area contributed by atoms with Crippen molar-refractivity contribution < 1.29 is 0 Å². The van der Waals surface area contributed by atoms with Gasteiger partial charge in [-0.15, -0.1) is 0 Å². The summed E-state index contributed by atoms with van der Waals surface area (Å²) in [6.45, 7) is 7.27. The molecule has 1 saturated heterocycles. The van der Waals surface area contributed by atoms with Crippen molar-refractivity contribution in [3.8, 4) is 0 Å². The first-order valence-electron chi connectivity index (χ1n) is 8.69. The van der Waals surface area contributed by atoms with Crippen molar-refractivity contribution in [1.82, 2.24) is 9.97 Å². The summed E-state index contributed by atoms with van der Waals surface area (Å²) in [5.41, 5.74) is 2.23. The zero-order chi connectivity index (χ0) is 16.9. The van der Waals surface area contributed by atoms with Gasteiger partial charge in [-0.1, -0.05) is 30.7 Å². The highest BCUT2D eigenvalue weighted by molar-refractivity contribution is 6.30. The number of nitrogens with zero attached hydrogens (tertiary/aromatic N) is 3. The van der Waals surface area contributed by atoms with E-state index in [0.717, 1.165) is 54.5 Å². The largest absolute Gasteiger partial charge is 0.370 e. The first kappa shape index (κ1) is 17.0. The van der Waals surface area contributed by atoms with Crippen LogP contribution in [0.15, 0.2) is 30.3 Å². The third-order valence-electron chi connectivity index (χ3n) is 4.52. The number of aryl methyl sites for hydroxylation is 1. The van der Waals surface area contributed by atoms with Gasteiger partial charge in [0.05, 0.1) is 0 Å². The van der Waals surface area contributed by atoms with E-state index in [4.69, 9.17) is 16.6 Å². The Hall–Kier alpha value is -1.81. The van der Waals surface area contributed by atoms with Crippen molar-refractivity contribution in [3.05, 3.63) is 46.6 Å². The molecule has 0 unspecified atom stereocenters. The van der Waals surface area contributed by atoms with E-state index in [1.165, 1.54) is 18.4 Å². The summed E-state index contributed by atoms with van der Waals surface area (Å²) in [6.07, 6.45) is 3.35. The molecule has 2 heterocycles. The minimum absolute atomic E-state index is 0.784. The van der Waals surface area contributed by atoms with Crippen molar-refractivity contribution >= 4 is 23.4 Å². The lowest BCUT2D eigenvalue weighted by Gasteiger charge is -2.30. The summed E-state index contributed by atoms with van der Waals surface area (Å²) in [4.78, 5) is 11.6. The molecule has 2 aromatic rings. The maximum Gasteiger partial charge on any atom is 0.227 e. The molecular weight excluding hydrogens is 320 g/mol. The molecule has 4 nitrogen and oxygen atoms in total. The van der Waals surface area contributed by atoms with Gasteiger partial charge < -0.3 is 10.2 Å². The molecule has 1 aliphatic heterocycles. The fraction of sp³-hybridized carbons (Fsp3) is 0.474. The van der Waals surface area contributed by atoms with Crippen LogP contribution in [-0.2, 0) is 6.42 Å². The van der Waals surface area contributed by atoms with E-state index in [1.807, 2.05) is 31.2 Å². The zero-order valence-corrected chi connectivity index (χ0v) is 15.2. The van der Waals surface area contributed by atoms with Gasteiger partial charge in [0, 0.05) is 36.4 Å². The number of piperidine rings is 1. The molecule has 0 bridgehead atoms. The van der Waals surface area contributed by atoms with Gasteiger partial charge in [-0.2, -0.15) is 4.98 Å². The van der Waals surface area contributed by atoms with Crippen LogP contribution in [0.1, 0.15) is 31.0 Å². The minimum atomic E-state index is 0.784. The molecule has 5 heteroatoms. The summed E-state index contributed by atoms with van der Waals surface area (Å²) in [5.74, 6) is 2.56. The van der Waals surface area contributed by atoms with Gasteiger partial charge in [-0.05, 0) is 49.8 Å². The molecule has 24 heavy (non-hydrogen) atoms. The van der Waals surface area contributed by atoms with Crippen LogP contribution in [0.25, 0.3) is 0 Å². The second kappa shape index (κ2) is 7.84. The van der Waals surface area contributed by atoms with Crippen molar-refractivity contribution in [2.75, 3.05) is 29.9 Å². The number of halogens is 1. The predicted molar refractivity (Wildman–Crippen MR) is 101 cm³/mol. The molecule has 0 atom stereocenters. The van der Waals surface area contributed by atoms with E-state index in [-0.39, 0.29) is 0 Å².